The molecule has 0 aromatic carbocycles. The SMILES string of the molecule is O=[N+]([O-])c1cnc(C(F)(F)F)cc1N(CCO)CC(F)F. The highest BCUT2D eigenvalue weighted by Crippen LogP contribution is 2.34. The molecule has 1 rings (SSSR count). The summed E-state index contributed by atoms with van der Waals surface area (Å²) in [5, 5.41) is 19.6. The summed E-state index contributed by atoms with van der Waals surface area (Å²) in [6.45, 7) is -2.19. The van der Waals surface area contributed by atoms with Gasteiger partial charge in [0.05, 0.1) is 18.1 Å². The first kappa shape index (κ1) is 17.0. The molecule has 6 nitrogen and oxygen atoms in total. The number of aliphatic hydroxyl groups excluding tert-OH is 1. The summed E-state index contributed by atoms with van der Waals surface area (Å²) in [7, 11) is 0. The molecule has 1 aromatic rings. The molecular weight excluding hydrogens is 305 g/mol. The van der Waals surface area contributed by atoms with Crippen molar-refractivity contribution in [3.63, 3.8) is 0 Å². The molecule has 21 heavy (non-hydrogen) atoms. The van der Waals surface area contributed by atoms with Crippen LogP contribution in [-0.2, 0) is 6.18 Å². The summed E-state index contributed by atoms with van der Waals surface area (Å²) in [6.07, 6.45) is -7.47. The maximum absolute atomic E-state index is 12.6. The predicted octanol–water partition coefficient (Wildman–Crippen LogP) is 2.07. The number of nitro groups is 1. The standard InChI is InChI=1S/C10H10F5N3O3/c11-9(12)5-17(1-2-19)6-3-8(10(13,14)15)16-4-7(6)18(20)21/h3-4,9,19H,1-2,5H2. The van der Waals surface area contributed by atoms with Gasteiger partial charge in [-0.3, -0.25) is 10.1 Å². The highest BCUT2D eigenvalue weighted by Gasteiger charge is 2.35. The minimum Gasteiger partial charge on any atom is -0.395 e. The summed E-state index contributed by atoms with van der Waals surface area (Å²) < 4.78 is 62.6. The van der Waals surface area contributed by atoms with E-state index in [1.54, 1.807) is 0 Å². The van der Waals surface area contributed by atoms with Crippen LogP contribution in [-0.4, -0.2) is 41.1 Å². The molecule has 0 bridgehead atoms. The Balaban J connectivity index is 3.35. The molecule has 0 unspecified atom stereocenters. The Hall–Kier alpha value is -2.04. The maximum Gasteiger partial charge on any atom is 0.433 e. The number of hydrogen-bond donors (Lipinski definition) is 1. The van der Waals surface area contributed by atoms with Crippen LogP contribution in [0, 0.1) is 10.1 Å². The van der Waals surface area contributed by atoms with E-state index in [0.29, 0.717) is 17.2 Å². The van der Waals surface area contributed by atoms with E-state index >= 15 is 0 Å². The third kappa shape index (κ3) is 4.48. The molecule has 1 heterocycles. The minimum absolute atomic E-state index is 0.316. The first-order valence-electron chi connectivity index (χ1n) is 5.52. The summed E-state index contributed by atoms with van der Waals surface area (Å²) in [4.78, 5) is 13.3. The fourth-order valence-corrected chi connectivity index (χ4v) is 1.58. The van der Waals surface area contributed by atoms with Crippen molar-refractivity contribution in [3.05, 3.63) is 28.1 Å². The van der Waals surface area contributed by atoms with Crippen LogP contribution >= 0.6 is 0 Å². The van der Waals surface area contributed by atoms with E-state index in [1.807, 2.05) is 0 Å². The molecule has 0 fully saturated rings. The quantitative estimate of drug-likeness (QED) is 0.494. The van der Waals surface area contributed by atoms with Gasteiger partial charge < -0.3 is 10.0 Å². The molecule has 0 amide bonds. The Morgan fingerprint density at radius 2 is 2.05 bits per heavy atom. The van der Waals surface area contributed by atoms with Crippen molar-refractivity contribution in [2.75, 3.05) is 24.6 Å². The Morgan fingerprint density at radius 3 is 2.48 bits per heavy atom. The molecule has 11 heteroatoms. The zero-order valence-electron chi connectivity index (χ0n) is 10.3. The summed E-state index contributed by atoms with van der Waals surface area (Å²) in [5.41, 5.74) is -2.96. The number of anilines is 1. The molecule has 0 aliphatic rings. The van der Waals surface area contributed by atoms with Crippen molar-refractivity contribution in [2.24, 2.45) is 0 Å². The van der Waals surface area contributed by atoms with E-state index in [0.717, 1.165) is 0 Å². The number of pyridine rings is 1. The molecule has 0 aliphatic heterocycles. The molecular formula is C10H10F5N3O3. The molecule has 1 N–H and O–H groups in total. The topological polar surface area (TPSA) is 79.5 Å². The van der Waals surface area contributed by atoms with E-state index in [9.17, 15) is 32.1 Å². The van der Waals surface area contributed by atoms with E-state index in [4.69, 9.17) is 5.11 Å². The van der Waals surface area contributed by atoms with Gasteiger partial charge in [-0.05, 0) is 6.07 Å². The average Bonchev–Trinajstić information content (AvgIpc) is 2.35. The number of aliphatic hydroxyl groups is 1. The molecule has 0 aliphatic carbocycles. The third-order valence-electron chi connectivity index (χ3n) is 2.42. The Bertz CT molecular complexity index is 509. The molecule has 0 spiro atoms. The summed E-state index contributed by atoms with van der Waals surface area (Å²) >= 11 is 0. The average molecular weight is 315 g/mol. The zero-order chi connectivity index (χ0) is 16.2. The van der Waals surface area contributed by atoms with Crippen LogP contribution in [0.3, 0.4) is 0 Å². The van der Waals surface area contributed by atoms with Crippen LogP contribution < -0.4 is 4.90 Å². The van der Waals surface area contributed by atoms with Crippen molar-refractivity contribution < 1.29 is 32.0 Å². The number of aromatic nitrogens is 1. The van der Waals surface area contributed by atoms with Crippen molar-refractivity contribution in [2.45, 2.75) is 12.6 Å². The zero-order valence-corrected chi connectivity index (χ0v) is 10.3. The monoisotopic (exact) mass is 315 g/mol. The lowest BCUT2D eigenvalue weighted by atomic mass is 10.2. The van der Waals surface area contributed by atoms with Gasteiger partial charge in [0.15, 0.2) is 0 Å². The number of halogens is 5. The second kappa shape index (κ2) is 6.61. The second-order valence-electron chi connectivity index (χ2n) is 3.87. The summed E-state index contributed by atoms with van der Waals surface area (Å²) in [6, 6.07) is 0.316. The number of hydrogen-bond acceptors (Lipinski definition) is 5. The lowest BCUT2D eigenvalue weighted by Gasteiger charge is -2.23. The number of nitrogens with zero attached hydrogens (tertiary/aromatic N) is 3. The summed E-state index contributed by atoms with van der Waals surface area (Å²) in [5.74, 6) is 0. The smallest absolute Gasteiger partial charge is 0.395 e. The lowest BCUT2D eigenvalue weighted by molar-refractivity contribution is -0.384. The van der Waals surface area contributed by atoms with Gasteiger partial charge in [0.25, 0.3) is 6.43 Å². The van der Waals surface area contributed by atoms with Gasteiger partial charge in [-0.2, -0.15) is 13.2 Å². The molecule has 118 valence electrons. The van der Waals surface area contributed by atoms with Gasteiger partial charge in [0.1, 0.15) is 17.6 Å². The van der Waals surface area contributed by atoms with Crippen LogP contribution in [0.1, 0.15) is 5.69 Å². The molecule has 0 atom stereocenters. The molecule has 1 aromatic heterocycles. The lowest BCUT2D eigenvalue weighted by Crippen LogP contribution is -2.32. The van der Waals surface area contributed by atoms with E-state index in [1.165, 1.54) is 0 Å². The van der Waals surface area contributed by atoms with Crippen LogP contribution in [0.25, 0.3) is 0 Å². The van der Waals surface area contributed by atoms with E-state index in [-0.39, 0.29) is 0 Å². The number of alkyl halides is 5. The van der Waals surface area contributed by atoms with Crippen LogP contribution in [0.5, 0.6) is 0 Å². The van der Waals surface area contributed by atoms with E-state index < -0.39 is 54.3 Å². The third-order valence-corrected chi connectivity index (χ3v) is 2.42. The van der Waals surface area contributed by atoms with E-state index in [2.05, 4.69) is 4.98 Å². The normalized spacial score (nSPS) is 11.8. The van der Waals surface area contributed by atoms with Crippen LogP contribution in [0.4, 0.5) is 33.3 Å². The van der Waals surface area contributed by atoms with Gasteiger partial charge in [-0.25, -0.2) is 13.8 Å². The number of rotatable bonds is 6. The predicted molar refractivity (Wildman–Crippen MR) is 61.2 cm³/mol. The highest BCUT2D eigenvalue weighted by atomic mass is 19.4. The first-order chi connectivity index (χ1) is 9.66. The largest absolute Gasteiger partial charge is 0.433 e. The van der Waals surface area contributed by atoms with Gasteiger partial charge >= 0.3 is 11.9 Å². The maximum atomic E-state index is 12.6. The molecule has 0 radical (unpaired) electrons. The Kier molecular flexibility index (Phi) is 5.35. The van der Waals surface area contributed by atoms with Crippen molar-refractivity contribution in [1.82, 2.24) is 4.98 Å². The fourth-order valence-electron chi connectivity index (χ4n) is 1.58. The highest BCUT2D eigenvalue weighted by molar-refractivity contribution is 5.63. The van der Waals surface area contributed by atoms with Crippen molar-refractivity contribution in [3.8, 4) is 0 Å². The van der Waals surface area contributed by atoms with Gasteiger partial charge in [-0.1, -0.05) is 0 Å². The van der Waals surface area contributed by atoms with Gasteiger partial charge in [0.2, 0.25) is 0 Å². The van der Waals surface area contributed by atoms with Crippen LogP contribution in [0.2, 0.25) is 0 Å². The van der Waals surface area contributed by atoms with Gasteiger partial charge in [0, 0.05) is 6.54 Å². The second-order valence-corrected chi connectivity index (χ2v) is 3.87. The Morgan fingerprint density at radius 1 is 1.43 bits per heavy atom. The minimum atomic E-state index is -4.88. The van der Waals surface area contributed by atoms with Crippen LogP contribution in [0.15, 0.2) is 12.3 Å². The molecule has 0 saturated carbocycles. The van der Waals surface area contributed by atoms with Gasteiger partial charge in [-0.15, -0.1) is 0 Å². The van der Waals surface area contributed by atoms with Crippen molar-refractivity contribution >= 4 is 11.4 Å². The Labute approximate surface area is 115 Å². The first-order valence-corrected chi connectivity index (χ1v) is 5.52. The molecule has 0 saturated heterocycles. The fraction of sp³-hybridized carbons (Fsp3) is 0.500. The van der Waals surface area contributed by atoms with Crippen molar-refractivity contribution in [1.29, 1.82) is 0 Å².